The molecular weight excluding hydrogens is 386 g/mol. The maximum Gasteiger partial charge on any atom is 0.251 e. The summed E-state index contributed by atoms with van der Waals surface area (Å²) >= 11 is 0. The summed E-state index contributed by atoms with van der Waals surface area (Å²) in [6, 6.07) is 3.58. The molecule has 9 heteroatoms. The molecule has 1 fully saturated rings. The van der Waals surface area contributed by atoms with E-state index in [0.717, 1.165) is 12.8 Å². The topological polar surface area (TPSA) is 103 Å². The fraction of sp³-hybridized carbons (Fsp3) is 0.571. The van der Waals surface area contributed by atoms with E-state index in [9.17, 15) is 4.79 Å². The number of nitrogens with zero attached hydrogens (tertiary/aromatic N) is 4. The minimum atomic E-state index is -0.418. The number of anilines is 2. The first kappa shape index (κ1) is 21.9. The maximum atomic E-state index is 12.6. The Morgan fingerprint density at radius 2 is 1.80 bits per heavy atom. The molecule has 0 radical (unpaired) electrons. The minimum Gasteiger partial charge on any atom is -0.493 e. The Bertz CT molecular complexity index is 883. The molecule has 9 nitrogen and oxygen atoms in total. The van der Waals surface area contributed by atoms with E-state index in [1.54, 1.807) is 26.4 Å². The lowest BCUT2D eigenvalue weighted by Crippen LogP contribution is -2.52. The van der Waals surface area contributed by atoms with Crippen LogP contribution in [0.15, 0.2) is 12.1 Å². The van der Waals surface area contributed by atoms with Gasteiger partial charge in [-0.15, -0.1) is 0 Å². The number of rotatable bonds is 8. The Morgan fingerprint density at radius 3 is 2.43 bits per heavy atom. The molecule has 0 spiro atoms. The summed E-state index contributed by atoms with van der Waals surface area (Å²) in [6.07, 6.45) is 1.59. The normalized spacial score (nSPS) is 15.3. The van der Waals surface area contributed by atoms with E-state index in [4.69, 9.17) is 19.9 Å². The second-order valence-electron chi connectivity index (χ2n) is 7.31. The average molecular weight is 418 g/mol. The zero-order chi connectivity index (χ0) is 21.7. The Labute approximate surface area is 177 Å². The van der Waals surface area contributed by atoms with E-state index in [1.165, 1.54) is 0 Å². The Hall–Kier alpha value is -2.81. The van der Waals surface area contributed by atoms with Crippen LogP contribution in [0.1, 0.15) is 26.7 Å². The van der Waals surface area contributed by atoms with Crippen molar-refractivity contribution in [1.82, 2.24) is 14.9 Å². The molecule has 1 unspecified atom stereocenters. The number of methoxy groups -OCH3 is 2. The highest BCUT2D eigenvalue weighted by Gasteiger charge is 2.26. The van der Waals surface area contributed by atoms with Crippen molar-refractivity contribution in [2.75, 3.05) is 57.6 Å². The first-order chi connectivity index (χ1) is 14.5. The van der Waals surface area contributed by atoms with Crippen molar-refractivity contribution in [3.05, 3.63) is 12.1 Å². The molecule has 164 valence electrons. The number of unbranched alkanes of at least 4 members (excludes halogenated alkanes) is 1. The second-order valence-corrected chi connectivity index (χ2v) is 7.31. The minimum absolute atomic E-state index is 0.0292. The smallest absolute Gasteiger partial charge is 0.251 e. The second kappa shape index (κ2) is 9.80. The van der Waals surface area contributed by atoms with Gasteiger partial charge in [0.15, 0.2) is 11.5 Å². The lowest BCUT2D eigenvalue weighted by Gasteiger charge is -2.36. The van der Waals surface area contributed by atoms with Gasteiger partial charge in [0.2, 0.25) is 5.95 Å². The van der Waals surface area contributed by atoms with Gasteiger partial charge in [-0.25, -0.2) is 4.98 Å². The number of aromatic nitrogens is 2. The van der Waals surface area contributed by atoms with E-state index < -0.39 is 6.10 Å². The molecule has 1 aliphatic rings. The number of fused-ring (bicyclic) bond motifs is 1. The predicted molar refractivity (Wildman–Crippen MR) is 116 cm³/mol. The van der Waals surface area contributed by atoms with E-state index in [-0.39, 0.29) is 5.91 Å². The first-order valence-electron chi connectivity index (χ1n) is 10.3. The summed E-state index contributed by atoms with van der Waals surface area (Å²) in [5.41, 5.74) is 6.88. The van der Waals surface area contributed by atoms with Crippen LogP contribution in [-0.2, 0) is 9.53 Å². The quantitative estimate of drug-likeness (QED) is 0.651. The molecule has 1 aliphatic heterocycles. The molecule has 1 aromatic carbocycles. The zero-order valence-corrected chi connectivity index (χ0v) is 18.2. The van der Waals surface area contributed by atoms with Crippen LogP contribution in [0.2, 0.25) is 0 Å². The van der Waals surface area contributed by atoms with E-state index in [1.807, 2.05) is 16.7 Å². The molecule has 30 heavy (non-hydrogen) atoms. The van der Waals surface area contributed by atoms with E-state index >= 15 is 0 Å². The van der Waals surface area contributed by atoms with Crippen LogP contribution >= 0.6 is 0 Å². The SMILES string of the molecule is CCCCOC(C)C(=O)N1CCN(c2nc(N)c3cc(OC)c(OC)cc3n2)CC1. The van der Waals surface area contributed by atoms with Gasteiger partial charge < -0.3 is 29.7 Å². The highest BCUT2D eigenvalue weighted by molar-refractivity contribution is 5.91. The molecule has 0 aliphatic carbocycles. The van der Waals surface area contributed by atoms with Crippen LogP contribution in [0, 0.1) is 0 Å². The van der Waals surface area contributed by atoms with Crippen LogP contribution in [0.3, 0.4) is 0 Å². The molecule has 1 amide bonds. The third-order valence-corrected chi connectivity index (χ3v) is 5.31. The Morgan fingerprint density at radius 1 is 1.13 bits per heavy atom. The van der Waals surface area contributed by atoms with Crippen molar-refractivity contribution in [3.8, 4) is 11.5 Å². The van der Waals surface area contributed by atoms with Crippen LogP contribution in [0.25, 0.3) is 10.9 Å². The summed E-state index contributed by atoms with van der Waals surface area (Å²) < 4.78 is 16.4. The van der Waals surface area contributed by atoms with E-state index in [2.05, 4.69) is 16.9 Å². The maximum absolute atomic E-state index is 12.6. The van der Waals surface area contributed by atoms with Gasteiger partial charge in [0, 0.05) is 44.2 Å². The largest absolute Gasteiger partial charge is 0.493 e. The molecular formula is C21H31N5O4. The molecule has 2 aromatic rings. The van der Waals surface area contributed by atoms with Gasteiger partial charge in [-0.05, 0) is 19.4 Å². The number of nitrogens with two attached hydrogens (primary N) is 1. The molecule has 0 bridgehead atoms. The standard InChI is InChI=1S/C21H31N5O4/c1-5-6-11-30-14(2)20(27)25-7-9-26(10-8-25)21-23-16-13-18(29-4)17(28-3)12-15(16)19(22)24-21/h12-14H,5-11H2,1-4H3,(H2,22,23,24). The summed E-state index contributed by atoms with van der Waals surface area (Å²) in [7, 11) is 3.16. The van der Waals surface area contributed by atoms with Crippen molar-refractivity contribution in [2.24, 2.45) is 0 Å². The average Bonchev–Trinajstić information content (AvgIpc) is 2.77. The third-order valence-electron chi connectivity index (χ3n) is 5.31. The monoisotopic (exact) mass is 417 g/mol. The Balaban J connectivity index is 1.70. The van der Waals surface area contributed by atoms with Crippen LogP contribution in [0.5, 0.6) is 11.5 Å². The number of piperazine rings is 1. The summed E-state index contributed by atoms with van der Waals surface area (Å²) in [5.74, 6) is 2.12. The Kier molecular flexibility index (Phi) is 7.15. The molecule has 2 N–H and O–H groups in total. The van der Waals surface area contributed by atoms with Gasteiger partial charge in [-0.1, -0.05) is 13.3 Å². The number of carbonyl (C=O) groups is 1. The first-order valence-corrected chi connectivity index (χ1v) is 10.3. The number of carbonyl (C=O) groups excluding carboxylic acids is 1. The van der Waals surface area contributed by atoms with Crippen LogP contribution in [-0.4, -0.2) is 73.9 Å². The van der Waals surface area contributed by atoms with E-state index in [0.29, 0.717) is 67.0 Å². The molecule has 3 rings (SSSR count). The van der Waals surface area contributed by atoms with Crippen molar-refractivity contribution in [3.63, 3.8) is 0 Å². The summed E-state index contributed by atoms with van der Waals surface area (Å²) in [5, 5.41) is 0.711. The summed E-state index contributed by atoms with van der Waals surface area (Å²) in [6.45, 7) is 6.97. The van der Waals surface area contributed by atoms with Crippen LogP contribution < -0.4 is 20.1 Å². The lowest BCUT2D eigenvalue weighted by molar-refractivity contribution is -0.143. The highest BCUT2D eigenvalue weighted by Crippen LogP contribution is 2.34. The number of nitrogen functional groups attached to an aromatic ring is 1. The van der Waals surface area contributed by atoms with Crippen molar-refractivity contribution in [1.29, 1.82) is 0 Å². The predicted octanol–water partition coefficient (Wildman–Crippen LogP) is 2.08. The van der Waals surface area contributed by atoms with Gasteiger partial charge in [0.05, 0.1) is 19.7 Å². The number of ether oxygens (including phenoxy) is 3. The van der Waals surface area contributed by atoms with Gasteiger partial charge in [0.1, 0.15) is 11.9 Å². The number of hydrogen-bond acceptors (Lipinski definition) is 8. The van der Waals surface area contributed by atoms with Gasteiger partial charge in [0.25, 0.3) is 5.91 Å². The fourth-order valence-electron chi connectivity index (χ4n) is 3.47. The number of hydrogen-bond donors (Lipinski definition) is 1. The fourth-order valence-corrected chi connectivity index (χ4v) is 3.47. The van der Waals surface area contributed by atoms with Crippen molar-refractivity contribution >= 4 is 28.6 Å². The molecule has 1 saturated heterocycles. The zero-order valence-electron chi connectivity index (χ0n) is 18.2. The summed E-state index contributed by atoms with van der Waals surface area (Å²) in [4.78, 5) is 25.6. The van der Waals surface area contributed by atoms with Crippen LogP contribution in [0.4, 0.5) is 11.8 Å². The molecule has 1 aromatic heterocycles. The molecule has 1 atom stereocenters. The van der Waals surface area contributed by atoms with Gasteiger partial charge in [-0.2, -0.15) is 4.98 Å². The highest BCUT2D eigenvalue weighted by atomic mass is 16.5. The van der Waals surface area contributed by atoms with Gasteiger partial charge in [-0.3, -0.25) is 4.79 Å². The molecule has 0 saturated carbocycles. The van der Waals surface area contributed by atoms with Crippen molar-refractivity contribution < 1.29 is 19.0 Å². The molecule has 2 heterocycles. The van der Waals surface area contributed by atoms with Crippen molar-refractivity contribution in [2.45, 2.75) is 32.8 Å². The van der Waals surface area contributed by atoms with Gasteiger partial charge >= 0.3 is 0 Å². The number of amides is 1. The third kappa shape index (κ3) is 4.67. The lowest BCUT2D eigenvalue weighted by atomic mass is 10.2. The number of benzene rings is 1.